The maximum Gasteiger partial charge on any atom is 0.259 e. The largest absolute Gasteiger partial charge is 0.490 e. The number of hydrogen-bond acceptors (Lipinski definition) is 4. The number of carbonyl (C=O) groups excluding carboxylic acids is 1. The molecule has 0 saturated heterocycles. The summed E-state index contributed by atoms with van der Waals surface area (Å²) >= 11 is 3.39. The van der Waals surface area contributed by atoms with Crippen molar-refractivity contribution in [2.75, 3.05) is 32.2 Å². The molecule has 0 spiro atoms. The lowest BCUT2D eigenvalue weighted by Gasteiger charge is -2.13. The molecule has 26 heavy (non-hydrogen) atoms. The van der Waals surface area contributed by atoms with E-state index < -0.39 is 0 Å². The summed E-state index contributed by atoms with van der Waals surface area (Å²) in [4.78, 5) is 12.7. The number of carbonyl (C=O) groups is 1. The third kappa shape index (κ3) is 6.20. The number of amides is 1. The minimum atomic E-state index is -0.268. The number of hydrogen-bond donors (Lipinski definition) is 1. The van der Waals surface area contributed by atoms with Gasteiger partial charge in [-0.25, -0.2) is 0 Å². The van der Waals surface area contributed by atoms with Gasteiger partial charge < -0.3 is 19.5 Å². The molecule has 2 aromatic rings. The monoisotopic (exact) mass is 419 g/mol. The first-order valence-corrected chi connectivity index (χ1v) is 8.89. The molecule has 0 aliphatic rings. The van der Waals surface area contributed by atoms with Crippen LogP contribution in [-0.2, 0) is 4.74 Å². The molecule has 0 fully saturated rings. The molecule has 0 radical (unpaired) electrons. The standard InChI is InChI=1S/C20H22BrNO4/c1-14(2)13-26-17-6-4-5-16(12-17)22-20(23)18-11-15(21)7-8-19(18)25-10-9-24-3/h4-8,11-12H,1,9-10,13H2,2-3H3,(H,22,23). The Morgan fingerprint density at radius 2 is 1.96 bits per heavy atom. The van der Waals surface area contributed by atoms with Gasteiger partial charge in [0.2, 0.25) is 0 Å². The molecule has 0 aliphatic carbocycles. The number of rotatable bonds is 9. The Hall–Kier alpha value is -2.31. The Balaban J connectivity index is 2.13. The molecule has 0 unspecified atom stereocenters. The van der Waals surface area contributed by atoms with Crippen LogP contribution in [-0.4, -0.2) is 32.8 Å². The van der Waals surface area contributed by atoms with E-state index in [9.17, 15) is 4.79 Å². The lowest BCUT2D eigenvalue weighted by Crippen LogP contribution is -2.15. The molecule has 0 aromatic heterocycles. The highest BCUT2D eigenvalue weighted by atomic mass is 79.9. The van der Waals surface area contributed by atoms with E-state index in [2.05, 4.69) is 27.8 Å². The van der Waals surface area contributed by atoms with Crippen LogP contribution in [0.5, 0.6) is 11.5 Å². The predicted molar refractivity (Wildman–Crippen MR) is 106 cm³/mol. The van der Waals surface area contributed by atoms with Crippen molar-refractivity contribution < 1.29 is 19.0 Å². The van der Waals surface area contributed by atoms with Crippen LogP contribution in [0.25, 0.3) is 0 Å². The third-order valence-electron chi connectivity index (χ3n) is 3.31. The molecule has 0 bridgehead atoms. The molecule has 0 atom stereocenters. The summed E-state index contributed by atoms with van der Waals surface area (Å²) < 4.78 is 17.0. The van der Waals surface area contributed by atoms with E-state index in [1.807, 2.05) is 25.1 Å². The van der Waals surface area contributed by atoms with Crippen LogP contribution in [0.2, 0.25) is 0 Å². The molecule has 2 rings (SSSR count). The minimum Gasteiger partial charge on any atom is -0.490 e. The average Bonchev–Trinajstić information content (AvgIpc) is 2.61. The predicted octanol–water partition coefficient (Wildman–Crippen LogP) is 4.68. The van der Waals surface area contributed by atoms with Crippen molar-refractivity contribution >= 4 is 27.5 Å². The number of benzene rings is 2. The van der Waals surface area contributed by atoms with Crippen molar-refractivity contribution in [3.05, 3.63) is 64.7 Å². The number of halogens is 1. The van der Waals surface area contributed by atoms with Crippen molar-refractivity contribution in [2.24, 2.45) is 0 Å². The van der Waals surface area contributed by atoms with Gasteiger partial charge in [0.05, 0.1) is 12.2 Å². The van der Waals surface area contributed by atoms with Gasteiger partial charge in [0, 0.05) is 23.3 Å². The Morgan fingerprint density at radius 1 is 1.15 bits per heavy atom. The Bertz CT molecular complexity index is 776. The van der Waals surface area contributed by atoms with E-state index in [4.69, 9.17) is 14.2 Å². The van der Waals surface area contributed by atoms with E-state index in [0.29, 0.717) is 42.6 Å². The molecule has 5 nitrogen and oxygen atoms in total. The van der Waals surface area contributed by atoms with E-state index in [-0.39, 0.29) is 5.91 Å². The number of nitrogens with one attached hydrogen (secondary N) is 1. The topological polar surface area (TPSA) is 56.8 Å². The van der Waals surface area contributed by atoms with Gasteiger partial charge in [-0.15, -0.1) is 0 Å². The highest BCUT2D eigenvalue weighted by molar-refractivity contribution is 9.10. The van der Waals surface area contributed by atoms with Crippen molar-refractivity contribution in [2.45, 2.75) is 6.92 Å². The zero-order chi connectivity index (χ0) is 18.9. The van der Waals surface area contributed by atoms with Crippen LogP contribution < -0.4 is 14.8 Å². The van der Waals surface area contributed by atoms with Gasteiger partial charge in [0.25, 0.3) is 5.91 Å². The quantitative estimate of drug-likeness (QED) is 0.473. The Kier molecular flexibility index (Phi) is 7.69. The highest BCUT2D eigenvalue weighted by Gasteiger charge is 2.14. The van der Waals surface area contributed by atoms with Crippen LogP contribution in [0.4, 0.5) is 5.69 Å². The lowest BCUT2D eigenvalue weighted by atomic mass is 10.2. The summed E-state index contributed by atoms with van der Waals surface area (Å²) in [6.07, 6.45) is 0. The Labute approximate surface area is 162 Å². The Morgan fingerprint density at radius 3 is 2.69 bits per heavy atom. The van der Waals surface area contributed by atoms with E-state index in [1.165, 1.54) is 0 Å². The van der Waals surface area contributed by atoms with Crippen molar-refractivity contribution in [3.8, 4) is 11.5 Å². The van der Waals surface area contributed by atoms with Crippen LogP contribution in [0.15, 0.2) is 59.1 Å². The van der Waals surface area contributed by atoms with E-state index in [0.717, 1.165) is 10.0 Å². The molecule has 1 N–H and O–H groups in total. The zero-order valence-electron chi connectivity index (χ0n) is 14.9. The van der Waals surface area contributed by atoms with Gasteiger partial charge in [0.1, 0.15) is 24.7 Å². The van der Waals surface area contributed by atoms with Crippen molar-refractivity contribution in [1.82, 2.24) is 0 Å². The molecule has 1 amide bonds. The lowest BCUT2D eigenvalue weighted by molar-refractivity contribution is 0.101. The molecule has 0 heterocycles. The molecule has 2 aromatic carbocycles. The fourth-order valence-electron chi connectivity index (χ4n) is 2.11. The van der Waals surface area contributed by atoms with E-state index in [1.54, 1.807) is 31.4 Å². The maximum atomic E-state index is 12.7. The summed E-state index contributed by atoms with van der Waals surface area (Å²) in [6, 6.07) is 12.5. The second-order valence-electron chi connectivity index (χ2n) is 5.71. The first kappa shape index (κ1) is 20.0. The molecule has 0 saturated carbocycles. The summed E-state index contributed by atoms with van der Waals surface area (Å²) in [5.74, 6) is 0.893. The smallest absolute Gasteiger partial charge is 0.259 e. The summed E-state index contributed by atoms with van der Waals surface area (Å²) in [5, 5.41) is 2.87. The van der Waals surface area contributed by atoms with Gasteiger partial charge in [0.15, 0.2) is 0 Å². The third-order valence-corrected chi connectivity index (χ3v) is 3.80. The number of methoxy groups -OCH3 is 1. The second kappa shape index (κ2) is 9.99. The van der Waals surface area contributed by atoms with Crippen molar-refractivity contribution in [3.63, 3.8) is 0 Å². The molecule has 6 heteroatoms. The van der Waals surface area contributed by atoms with Gasteiger partial charge in [-0.3, -0.25) is 4.79 Å². The van der Waals surface area contributed by atoms with Gasteiger partial charge in [-0.05, 0) is 42.8 Å². The number of ether oxygens (including phenoxy) is 3. The molecular weight excluding hydrogens is 398 g/mol. The van der Waals surface area contributed by atoms with Gasteiger partial charge in [-0.1, -0.05) is 28.6 Å². The van der Waals surface area contributed by atoms with Crippen LogP contribution in [0, 0.1) is 0 Å². The summed E-state index contributed by atoms with van der Waals surface area (Å²) in [6.45, 7) is 6.94. The normalized spacial score (nSPS) is 10.3. The number of anilines is 1. The molecule has 138 valence electrons. The van der Waals surface area contributed by atoms with Crippen LogP contribution in [0.1, 0.15) is 17.3 Å². The highest BCUT2D eigenvalue weighted by Crippen LogP contribution is 2.25. The average molecular weight is 420 g/mol. The molecule has 0 aliphatic heterocycles. The van der Waals surface area contributed by atoms with Crippen LogP contribution in [0.3, 0.4) is 0 Å². The van der Waals surface area contributed by atoms with Crippen LogP contribution >= 0.6 is 15.9 Å². The van der Waals surface area contributed by atoms with E-state index >= 15 is 0 Å². The zero-order valence-corrected chi connectivity index (χ0v) is 16.5. The molecular formula is C20H22BrNO4. The minimum absolute atomic E-state index is 0.268. The summed E-state index contributed by atoms with van der Waals surface area (Å²) in [5.41, 5.74) is 1.99. The SMILES string of the molecule is C=C(C)COc1cccc(NC(=O)c2cc(Br)ccc2OCCOC)c1. The first-order chi connectivity index (χ1) is 12.5. The maximum absolute atomic E-state index is 12.7. The van der Waals surface area contributed by atoms with Crippen molar-refractivity contribution in [1.29, 1.82) is 0 Å². The van der Waals surface area contributed by atoms with Gasteiger partial charge in [-0.2, -0.15) is 0 Å². The van der Waals surface area contributed by atoms with Gasteiger partial charge >= 0.3 is 0 Å². The first-order valence-electron chi connectivity index (χ1n) is 8.09. The summed E-state index contributed by atoms with van der Waals surface area (Å²) in [7, 11) is 1.60. The fourth-order valence-corrected chi connectivity index (χ4v) is 2.47. The second-order valence-corrected chi connectivity index (χ2v) is 6.63. The fraction of sp³-hybridized carbons (Fsp3) is 0.250.